The van der Waals surface area contributed by atoms with Gasteiger partial charge in [-0.3, -0.25) is 0 Å². The minimum atomic E-state index is -1.21. The van der Waals surface area contributed by atoms with E-state index in [2.05, 4.69) is 117 Å². The number of imidazole rings is 3. The average molecular weight is 1720 g/mol. The predicted molar refractivity (Wildman–Crippen MR) is 441 cm³/mol. The molecule has 0 bridgehead atoms. The number of rotatable bonds is 32. The van der Waals surface area contributed by atoms with E-state index in [1.54, 1.807) is 23.5 Å². The number of aliphatic hydroxyl groups is 1. The number of nitrogens with one attached hydrogen (secondary N) is 1. The van der Waals surface area contributed by atoms with Crippen LogP contribution in [0.3, 0.4) is 0 Å². The molecule has 0 aliphatic rings. The Bertz CT molecular complexity index is 4010. The van der Waals surface area contributed by atoms with E-state index in [-0.39, 0.29) is 20.2 Å². The first-order valence-electron chi connectivity index (χ1n) is 32.1. The van der Waals surface area contributed by atoms with Gasteiger partial charge in [0.1, 0.15) is 69.9 Å². The number of benzene rings is 6. The van der Waals surface area contributed by atoms with Crippen molar-refractivity contribution in [3.8, 4) is 0 Å². The Morgan fingerprint density at radius 1 is 0.465 bits per heavy atom. The maximum Gasteiger partial charge on any atom is 0.147 e. The number of nitrogens with zero attached hydrogens (tertiary/aromatic N) is 5. The van der Waals surface area contributed by atoms with Gasteiger partial charge < -0.3 is 47.6 Å². The molecule has 0 amide bonds. The van der Waals surface area contributed by atoms with Crippen molar-refractivity contribution >= 4 is 222 Å². The van der Waals surface area contributed by atoms with Gasteiger partial charge in [0.25, 0.3) is 0 Å². The van der Waals surface area contributed by atoms with E-state index in [0.29, 0.717) is 97.5 Å². The van der Waals surface area contributed by atoms with Gasteiger partial charge in [-0.15, -0.1) is 23.5 Å². The molecule has 99 heavy (non-hydrogen) atoms. The van der Waals surface area contributed by atoms with Gasteiger partial charge in [0.05, 0.1) is 57.7 Å². The van der Waals surface area contributed by atoms with E-state index in [1.807, 2.05) is 100 Å². The quantitative estimate of drug-likeness (QED) is 0.00923. The van der Waals surface area contributed by atoms with E-state index in [1.165, 1.54) is 5.56 Å². The summed E-state index contributed by atoms with van der Waals surface area (Å²) in [6, 6.07) is 33.3. The van der Waals surface area contributed by atoms with Crippen LogP contribution in [0.15, 0.2) is 105 Å². The van der Waals surface area contributed by atoms with Crippen LogP contribution in [0.4, 0.5) is 0 Å². The lowest BCUT2D eigenvalue weighted by molar-refractivity contribution is -0.0610. The maximum absolute atomic E-state index is 9.16. The van der Waals surface area contributed by atoms with Crippen molar-refractivity contribution in [3.05, 3.63) is 175 Å². The van der Waals surface area contributed by atoms with Crippen LogP contribution in [0.5, 0.6) is 0 Å². The fraction of sp³-hybridized carbons (Fsp3) is 0.435. The molecule has 0 aliphatic carbocycles. The Labute approximate surface area is 655 Å². The van der Waals surface area contributed by atoms with Crippen LogP contribution in [0.2, 0.25) is 148 Å². The van der Waals surface area contributed by atoms with Gasteiger partial charge in [-0.05, 0) is 111 Å². The molecule has 9 aromatic rings. The second-order valence-corrected chi connectivity index (χ2v) is 57.3. The predicted octanol–water partition coefficient (Wildman–Crippen LogP) is 24.8. The van der Waals surface area contributed by atoms with Crippen LogP contribution in [0.1, 0.15) is 34.2 Å². The van der Waals surface area contributed by atoms with Crippen LogP contribution < -0.4 is 0 Å². The number of aromatic amines is 1. The molecule has 0 aliphatic heterocycles. The van der Waals surface area contributed by atoms with Crippen LogP contribution >= 0.6 is 156 Å². The van der Waals surface area contributed by atoms with Crippen LogP contribution in [0.25, 0.3) is 33.1 Å². The van der Waals surface area contributed by atoms with Gasteiger partial charge in [-0.1, -0.05) is 219 Å². The van der Waals surface area contributed by atoms with Crippen molar-refractivity contribution in [3.63, 3.8) is 0 Å². The van der Waals surface area contributed by atoms with Gasteiger partial charge in [-0.2, -0.15) is 12.6 Å². The molecule has 542 valence electrons. The molecule has 0 atom stereocenters. The molecule has 2 N–H and O–H groups in total. The third kappa shape index (κ3) is 29.6. The molecule has 6 aromatic carbocycles. The molecule has 0 radical (unpaired) electrons. The summed E-state index contributed by atoms with van der Waals surface area (Å²) < 4.78 is 39.6. The lowest BCUT2D eigenvalue weighted by Crippen LogP contribution is -2.22. The largest absolute Gasteiger partial charge is 0.388 e. The average Bonchev–Trinajstić information content (AvgIpc) is 1.63. The lowest BCUT2D eigenvalue weighted by Gasteiger charge is -2.17. The number of ether oxygens (including phenoxy) is 6. The number of aromatic nitrogens is 6. The zero-order valence-electron chi connectivity index (χ0n) is 58.1. The van der Waals surface area contributed by atoms with Crippen molar-refractivity contribution < 1.29 is 33.5 Å². The molecule has 0 spiro atoms. The van der Waals surface area contributed by atoms with Crippen molar-refractivity contribution in [2.24, 2.45) is 0 Å². The van der Waals surface area contributed by atoms with Crippen LogP contribution in [0, 0.1) is 0 Å². The topological polar surface area (TPSA) is 140 Å². The molecule has 3 aromatic heterocycles. The Morgan fingerprint density at radius 2 is 0.838 bits per heavy atom. The molecule has 0 fully saturated rings. The Kier molecular flexibility index (Phi) is 36.2. The van der Waals surface area contributed by atoms with Crippen molar-refractivity contribution in [2.75, 3.05) is 40.0 Å². The number of fused-ring (bicyclic) bond motifs is 3. The number of hydrogen-bond acceptors (Lipinski definition) is 13. The van der Waals surface area contributed by atoms with Gasteiger partial charge >= 0.3 is 0 Å². The summed E-state index contributed by atoms with van der Waals surface area (Å²) in [5, 5.41) is 14.2. The molecule has 3 heterocycles. The van der Waals surface area contributed by atoms with Crippen LogP contribution in [-0.2, 0) is 79.0 Å². The van der Waals surface area contributed by atoms with Gasteiger partial charge in [0.15, 0.2) is 0 Å². The maximum atomic E-state index is 9.16. The van der Waals surface area contributed by atoms with E-state index < -0.39 is 32.3 Å². The highest BCUT2D eigenvalue weighted by Crippen LogP contribution is 2.43. The molecular formula is C69H90BrCl9N6O7S3Si4. The Hall–Kier alpha value is -1.54. The Balaban J connectivity index is 0.000000225. The fourth-order valence-electron chi connectivity index (χ4n) is 8.79. The smallest absolute Gasteiger partial charge is 0.147 e. The van der Waals surface area contributed by atoms with Crippen LogP contribution in [-0.4, -0.2) is 106 Å². The molecule has 0 unspecified atom stereocenters. The number of aliphatic hydroxyl groups excluding tert-OH is 1. The third-order valence-electron chi connectivity index (χ3n) is 14.7. The van der Waals surface area contributed by atoms with E-state index in [0.717, 1.165) is 118 Å². The van der Waals surface area contributed by atoms with Gasteiger partial charge in [0.2, 0.25) is 0 Å². The van der Waals surface area contributed by atoms with Gasteiger partial charge in [-0.25, -0.2) is 15.0 Å². The summed E-state index contributed by atoms with van der Waals surface area (Å²) in [7, 11) is -4.61. The number of thiol groups is 1. The van der Waals surface area contributed by atoms with E-state index in [9.17, 15) is 0 Å². The highest BCUT2D eigenvalue weighted by Gasteiger charge is 2.23. The monoisotopic (exact) mass is 1720 g/mol. The summed E-state index contributed by atoms with van der Waals surface area (Å²) in [5.74, 6) is 4.20. The molecule has 13 nitrogen and oxygen atoms in total. The normalized spacial score (nSPS) is 12.1. The molecular weight excluding hydrogens is 1630 g/mol. The standard InChI is InChI=1S/C27H39Cl3N2O3SSi2.C20H33BrCl2N2O3Si2.C15H11Cl3N2OS.C7H7ClS/c1-37(2,3)13-11-33-18-32-24(16-35-19-34-12-14-38(4,5)6)31-22-15-23(25(29)26(30)27(22)32)36-17-20-7-9-21(28)10-8-20;1-29(2,3)9-7-26-13-25-17(12-28-14-27-8-10-30(4,5)6)24-16-11-15(21)18(22)19(23)20(16)25;16-9-3-1-8(2-4-9)7-22-11-5-10-15(14(18)13(11)17)20-12(6-21)19-10;8-7-3-1-6(5-9)2-4-7/h7-10,15H,11-14,16-19H2,1-6H3;11H,7-10,12-14H2,1-6H3;1-5,21H,6-7H2,(H,19,20);1-4,9H,5H2. The van der Waals surface area contributed by atoms with Crippen molar-refractivity contribution in [1.82, 2.24) is 29.1 Å². The zero-order valence-corrected chi connectivity index (χ0v) is 73.0. The van der Waals surface area contributed by atoms with E-state index in [4.69, 9.17) is 148 Å². The lowest BCUT2D eigenvalue weighted by atomic mass is 10.2. The third-order valence-corrected chi connectivity index (χ3v) is 28.5. The minimum Gasteiger partial charge on any atom is -0.388 e. The van der Waals surface area contributed by atoms with E-state index >= 15 is 0 Å². The number of hydrogen-bond donors (Lipinski definition) is 3. The second kappa shape index (κ2) is 41.5. The molecule has 9 rings (SSSR count). The first-order valence-corrected chi connectivity index (χ1v) is 53.7. The molecule has 0 saturated heterocycles. The number of thioether (sulfide) groups is 2. The van der Waals surface area contributed by atoms with Gasteiger partial charge in [0, 0.05) is 105 Å². The molecule has 0 saturated carbocycles. The summed E-state index contributed by atoms with van der Waals surface area (Å²) >= 11 is 67.4. The van der Waals surface area contributed by atoms with Crippen molar-refractivity contribution in [1.29, 1.82) is 0 Å². The zero-order chi connectivity index (χ0) is 72.8. The highest BCUT2D eigenvalue weighted by molar-refractivity contribution is 9.10. The minimum absolute atomic E-state index is 0.171. The highest BCUT2D eigenvalue weighted by atomic mass is 79.9. The first kappa shape index (κ1) is 86.4. The number of H-pyrrole nitrogens is 1. The number of halogens is 10. The first-order chi connectivity index (χ1) is 46.6. The SMILES string of the molecule is C[Si](C)(C)CCOCOCc1nc2cc(Br)c(Cl)c(Cl)c2n1COCC[Si](C)(C)C.C[Si](C)(C)CCOCOCc1nc2cc(SCc3ccc(Cl)cc3)c(Cl)c(Cl)c2n1COCC[Si](C)(C)C.OCc1nc2c(Cl)c(Cl)c(SCc3ccc(Cl)cc3)cc2[nH]1.SCc1ccc(Cl)cc1. The van der Waals surface area contributed by atoms with Crippen molar-refractivity contribution in [2.45, 2.75) is 163 Å². The summed E-state index contributed by atoms with van der Waals surface area (Å²) in [4.78, 5) is 18.6. The summed E-state index contributed by atoms with van der Waals surface area (Å²) in [6.45, 7) is 32.4. The Morgan fingerprint density at radius 3 is 1.24 bits per heavy atom. The fourth-order valence-corrected chi connectivity index (χ4v) is 16.5. The second-order valence-electron chi connectivity index (χ2n) is 28.1. The summed E-state index contributed by atoms with van der Waals surface area (Å²) in [5.41, 5.74) is 7.87. The summed E-state index contributed by atoms with van der Waals surface area (Å²) in [6.07, 6.45) is 0. The molecule has 30 heteroatoms.